The van der Waals surface area contributed by atoms with Crippen molar-refractivity contribution < 1.29 is 24.2 Å². The van der Waals surface area contributed by atoms with Gasteiger partial charge in [0.15, 0.2) is 0 Å². The van der Waals surface area contributed by atoms with E-state index in [0.717, 1.165) is 77.9 Å². The molecule has 1 aliphatic heterocycles. The van der Waals surface area contributed by atoms with Crippen LogP contribution in [0.2, 0.25) is 35.7 Å². The van der Waals surface area contributed by atoms with Gasteiger partial charge < -0.3 is 28.6 Å². The quantitative estimate of drug-likeness (QED) is 0.0804. The highest BCUT2D eigenvalue weighted by atomic mass is 35.5. The molecule has 0 fully saturated rings. The van der Waals surface area contributed by atoms with Crippen molar-refractivity contribution in [3.05, 3.63) is 128 Å². The lowest BCUT2D eigenvalue weighted by Gasteiger charge is -2.35. The molecular formula is C50H56Cl2N6O5Si. The molecule has 64 heavy (non-hydrogen) atoms. The van der Waals surface area contributed by atoms with E-state index in [-0.39, 0.29) is 24.2 Å². The molecule has 14 heteroatoms. The molecule has 334 valence electrons. The normalized spacial score (nSPS) is 14.3. The van der Waals surface area contributed by atoms with E-state index < -0.39 is 14.0 Å². The summed E-state index contributed by atoms with van der Waals surface area (Å²) in [6, 6.07) is 20.0. The number of aryl methyl sites for hydroxylation is 5. The number of aromatic carboxylic acids is 1. The van der Waals surface area contributed by atoms with Crippen molar-refractivity contribution in [1.82, 2.24) is 23.9 Å². The minimum absolute atomic E-state index is 0.123. The number of anilines is 1. The molecule has 0 saturated heterocycles. The third-order valence-electron chi connectivity index (χ3n) is 12.3. The van der Waals surface area contributed by atoms with Crippen LogP contribution in [0.3, 0.4) is 0 Å². The lowest BCUT2D eigenvalue weighted by Crippen LogP contribution is -2.43. The molecule has 1 aliphatic rings. The van der Waals surface area contributed by atoms with E-state index in [0.29, 0.717) is 66.9 Å². The van der Waals surface area contributed by atoms with Crippen LogP contribution >= 0.6 is 23.2 Å². The van der Waals surface area contributed by atoms with Crippen LogP contribution in [0.1, 0.15) is 79.7 Å². The molecule has 0 radical (unpaired) electrons. The number of carboxylic acids is 1. The maximum absolute atomic E-state index is 15.6. The largest absolute Gasteiger partial charge is 0.494 e. The first kappa shape index (κ1) is 45.2. The van der Waals surface area contributed by atoms with Crippen LogP contribution in [0.4, 0.5) is 5.69 Å². The van der Waals surface area contributed by atoms with Crippen LogP contribution in [0, 0.1) is 34.6 Å². The van der Waals surface area contributed by atoms with Crippen molar-refractivity contribution in [3.63, 3.8) is 0 Å². The number of hydrogen-bond acceptors (Lipinski definition) is 6. The van der Waals surface area contributed by atoms with Crippen LogP contribution in [0.5, 0.6) is 5.75 Å². The number of benzene rings is 3. The Labute approximate surface area is 385 Å². The Morgan fingerprint density at radius 3 is 2.38 bits per heavy atom. The molecule has 0 unspecified atom stereocenters. The molecule has 8 rings (SSSR count). The predicted octanol–water partition coefficient (Wildman–Crippen LogP) is 12.0. The molecule has 7 aromatic rings. The maximum atomic E-state index is 15.6. The van der Waals surface area contributed by atoms with Crippen molar-refractivity contribution in [3.8, 4) is 16.9 Å². The second-order valence-corrected chi connectivity index (χ2v) is 24.9. The molecule has 1 N–H and O–H groups in total. The Morgan fingerprint density at radius 2 is 1.69 bits per heavy atom. The van der Waals surface area contributed by atoms with Crippen LogP contribution in [0.25, 0.3) is 32.9 Å². The number of hydrogen-bond donors (Lipinski definition) is 1. The summed E-state index contributed by atoms with van der Waals surface area (Å²) in [5.74, 6) is -0.483. The average molecular weight is 920 g/mol. The van der Waals surface area contributed by atoms with Crippen molar-refractivity contribution in [1.29, 1.82) is 0 Å². The summed E-state index contributed by atoms with van der Waals surface area (Å²) in [5.41, 5.74) is 10.8. The second kappa shape index (κ2) is 17.9. The molecule has 1 amide bonds. The van der Waals surface area contributed by atoms with Crippen molar-refractivity contribution in [2.45, 2.75) is 99.4 Å². The van der Waals surface area contributed by atoms with E-state index in [9.17, 15) is 9.90 Å². The average Bonchev–Trinajstić information content (AvgIpc) is 3.86. The van der Waals surface area contributed by atoms with Crippen LogP contribution in [0.15, 0.2) is 66.9 Å². The molecule has 0 spiro atoms. The first-order valence-corrected chi connectivity index (χ1v) is 26.4. The zero-order chi connectivity index (χ0) is 45.8. The Balaban J connectivity index is 1.27. The highest BCUT2D eigenvalue weighted by Crippen LogP contribution is 2.46. The van der Waals surface area contributed by atoms with Gasteiger partial charge in [-0.15, -0.1) is 0 Å². The first-order valence-electron chi connectivity index (χ1n) is 21.9. The summed E-state index contributed by atoms with van der Waals surface area (Å²) >= 11 is 13.8. The summed E-state index contributed by atoms with van der Waals surface area (Å²) in [7, 11) is -1.28. The molecule has 0 aliphatic carbocycles. The fraction of sp³-hybridized carbons (Fsp3) is 0.360. The van der Waals surface area contributed by atoms with Crippen molar-refractivity contribution in [2.75, 3.05) is 24.7 Å². The first-order chi connectivity index (χ1) is 30.4. The Morgan fingerprint density at radius 1 is 0.938 bits per heavy atom. The summed E-state index contributed by atoms with van der Waals surface area (Å²) < 4.78 is 18.3. The number of rotatable bonds is 15. The lowest BCUT2D eigenvalue weighted by molar-refractivity contribution is 0.0686. The van der Waals surface area contributed by atoms with Gasteiger partial charge in [0.05, 0.1) is 46.3 Å². The van der Waals surface area contributed by atoms with Crippen LogP contribution in [-0.2, 0) is 24.4 Å². The summed E-state index contributed by atoms with van der Waals surface area (Å²) in [4.78, 5) is 34.8. The van der Waals surface area contributed by atoms with Crippen molar-refractivity contribution >= 4 is 70.6 Å². The van der Waals surface area contributed by atoms with Gasteiger partial charge in [-0.1, -0.05) is 55.0 Å². The zero-order valence-corrected chi connectivity index (χ0v) is 40.6. The lowest BCUT2D eigenvalue weighted by atomic mass is 9.98. The third kappa shape index (κ3) is 8.60. The summed E-state index contributed by atoms with van der Waals surface area (Å²) in [6.45, 7) is 21.1. The van der Waals surface area contributed by atoms with E-state index in [2.05, 4.69) is 43.0 Å². The van der Waals surface area contributed by atoms with Gasteiger partial charge in [0, 0.05) is 66.1 Å². The molecule has 3 aromatic carbocycles. The smallest absolute Gasteiger partial charge is 0.352 e. The maximum Gasteiger partial charge on any atom is 0.352 e. The number of ether oxygens (including phenoxy) is 2. The van der Waals surface area contributed by atoms with Gasteiger partial charge in [-0.05, 0) is 131 Å². The van der Waals surface area contributed by atoms with Gasteiger partial charge in [0.1, 0.15) is 23.9 Å². The minimum Gasteiger partial charge on any atom is -0.494 e. The number of carboxylic acid groups (broad SMARTS) is 1. The van der Waals surface area contributed by atoms with Gasteiger partial charge >= 0.3 is 5.97 Å². The predicted molar refractivity (Wildman–Crippen MR) is 260 cm³/mol. The molecule has 4 aromatic heterocycles. The molecule has 5 heterocycles. The number of halogens is 2. The van der Waals surface area contributed by atoms with E-state index >= 15 is 4.79 Å². The second-order valence-electron chi connectivity index (χ2n) is 18.5. The molecule has 0 bridgehead atoms. The van der Waals surface area contributed by atoms with Crippen molar-refractivity contribution in [2.24, 2.45) is 0 Å². The highest BCUT2D eigenvalue weighted by molar-refractivity contribution is 6.76. The standard InChI is InChI=1S/C50H56Cl2N6O5Si/c1-29-21-35-25-42(50(60)61)55(27-36-13-10-11-17-53-36)46(35)41(22-29)56-26-32(4)58-47-39(38(48(58)49(56)59)14-12-18-63-37-23-30(2)45(52)31(3)24-37)15-16-40(51)44(47)43-33(5)54-57(34(43)6)28-62-19-20-64(7,8)9/h10-11,13,15-17,21-25,32H,12,14,18-20,26-28H2,1-9H3,(H,60,61)/t32-/m1/s1. The monoisotopic (exact) mass is 918 g/mol. The Hall–Kier alpha value is -5.40. The summed E-state index contributed by atoms with van der Waals surface area (Å²) in [5, 5.41) is 18.4. The van der Waals surface area contributed by atoms with Gasteiger partial charge in [0.2, 0.25) is 0 Å². The number of aromatic nitrogens is 5. The molecule has 1 atom stereocenters. The van der Waals surface area contributed by atoms with Gasteiger partial charge in [-0.25, -0.2) is 9.48 Å². The van der Waals surface area contributed by atoms with Gasteiger partial charge in [-0.3, -0.25) is 9.78 Å². The molecular weight excluding hydrogens is 864 g/mol. The number of amides is 1. The van der Waals surface area contributed by atoms with Crippen LogP contribution in [-0.4, -0.2) is 68.7 Å². The van der Waals surface area contributed by atoms with Gasteiger partial charge in [0.25, 0.3) is 5.91 Å². The minimum atomic E-state index is -1.28. The topological polar surface area (TPSA) is 117 Å². The number of carbonyl (C=O) groups is 2. The fourth-order valence-corrected chi connectivity index (χ4v) is 10.4. The van der Waals surface area contributed by atoms with E-state index in [1.807, 2.05) is 91.9 Å². The third-order valence-corrected chi connectivity index (χ3v) is 14.9. The fourth-order valence-electron chi connectivity index (χ4n) is 9.25. The van der Waals surface area contributed by atoms with E-state index in [4.69, 9.17) is 37.8 Å². The number of nitrogens with zero attached hydrogens (tertiary/aromatic N) is 6. The Kier molecular flexibility index (Phi) is 12.6. The number of fused-ring (bicyclic) bond motifs is 4. The summed E-state index contributed by atoms with van der Waals surface area (Å²) in [6.07, 6.45) is 2.87. The van der Waals surface area contributed by atoms with E-state index in [1.165, 1.54) is 0 Å². The SMILES string of the molecule is Cc1cc(N2C[C@@H](C)n3c(c(CCCOc4cc(C)c(Cl)c(C)c4)c4ccc(Cl)c(-c5c(C)nn(COCC[Si](C)(C)C)c5C)c43)C2=O)c2c(c1)cc(C(=O)O)n2Cc1ccccn1. The van der Waals surface area contributed by atoms with Crippen LogP contribution < -0.4 is 9.64 Å². The molecule has 11 nitrogen and oxygen atoms in total. The highest BCUT2D eigenvalue weighted by Gasteiger charge is 2.38. The number of carbonyl (C=O) groups excluding carboxylic acids is 1. The Bertz CT molecular complexity index is 2930. The number of pyridine rings is 1. The van der Waals surface area contributed by atoms with E-state index in [1.54, 1.807) is 16.8 Å². The molecule has 0 saturated carbocycles. The van der Waals surface area contributed by atoms with Gasteiger partial charge in [-0.2, -0.15) is 5.10 Å². The zero-order valence-electron chi connectivity index (χ0n) is 38.1.